The predicted molar refractivity (Wildman–Crippen MR) is 105 cm³/mol. The average Bonchev–Trinajstić information content (AvgIpc) is 3.13. The van der Waals surface area contributed by atoms with E-state index in [1.165, 1.54) is 6.08 Å². The van der Waals surface area contributed by atoms with Crippen molar-refractivity contribution in [3.8, 4) is 11.6 Å². The van der Waals surface area contributed by atoms with Crippen LogP contribution < -0.4 is 4.74 Å². The number of carbonyl (C=O) groups is 1. The van der Waals surface area contributed by atoms with Gasteiger partial charge in [-0.25, -0.2) is 4.98 Å². The smallest absolute Gasteiger partial charge is 0.228 e. The van der Waals surface area contributed by atoms with Crippen molar-refractivity contribution in [2.45, 2.75) is 27.7 Å². The Hall–Kier alpha value is -2.43. The summed E-state index contributed by atoms with van der Waals surface area (Å²) in [4.78, 5) is 15.2. The van der Waals surface area contributed by atoms with E-state index >= 15 is 0 Å². The summed E-state index contributed by atoms with van der Waals surface area (Å²) in [5, 5.41) is 10.0. The zero-order valence-electron chi connectivity index (χ0n) is 16.3. The number of hydrogen-bond donors (Lipinski definition) is 1. The number of aliphatic hydroxyl groups excluding tert-OH is 1. The topological polar surface area (TPSA) is 72.6 Å². The van der Waals surface area contributed by atoms with Crippen molar-refractivity contribution >= 4 is 16.8 Å². The van der Waals surface area contributed by atoms with Gasteiger partial charge in [0.25, 0.3) is 0 Å². The number of rotatable bonds is 5. The van der Waals surface area contributed by atoms with Gasteiger partial charge >= 0.3 is 0 Å². The van der Waals surface area contributed by atoms with Crippen LogP contribution in [0.3, 0.4) is 0 Å². The van der Waals surface area contributed by atoms with Gasteiger partial charge in [-0.05, 0) is 12.1 Å². The zero-order chi connectivity index (χ0) is 19.8. The molecule has 1 aromatic carbocycles. The Balaban J connectivity index is 0.000000292. The van der Waals surface area contributed by atoms with Gasteiger partial charge in [-0.15, -0.1) is 12.1 Å². The van der Waals surface area contributed by atoms with Crippen molar-refractivity contribution in [1.82, 2.24) is 4.98 Å². The molecule has 2 aromatic heterocycles. The number of pyridine rings is 1. The van der Waals surface area contributed by atoms with Crippen LogP contribution in [-0.4, -0.2) is 15.9 Å². The fraction of sp³-hybridized carbons (Fsp3) is 0.273. The number of carbonyl (C=O) groups excluding carboxylic acids is 1. The van der Waals surface area contributed by atoms with Crippen LogP contribution in [0.15, 0.2) is 65.1 Å². The number of para-hydroxylation sites is 1. The molecule has 0 atom stereocenters. The number of aliphatic hydroxyl groups is 1. The summed E-state index contributed by atoms with van der Waals surface area (Å²) in [6.07, 6.45) is 4.59. The molecule has 3 aromatic rings. The predicted octanol–water partition coefficient (Wildman–Crippen LogP) is 5.73. The van der Waals surface area contributed by atoms with Gasteiger partial charge < -0.3 is 14.3 Å². The van der Waals surface area contributed by atoms with E-state index in [4.69, 9.17) is 9.15 Å². The second-order valence-corrected chi connectivity index (χ2v) is 6.56. The maximum absolute atomic E-state index is 11.0. The monoisotopic (exact) mass is 559 g/mol. The van der Waals surface area contributed by atoms with Crippen molar-refractivity contribution in [1.29, 1.82) is 0 Å². The van der Waals surface area contributed by atoms with Crippen molar-refractivity contribution in [2.75, 3.05) is 0 Å². The van der Waals surface area contributed by atoms with Gasteiger partial charge in [-0.1, -0.05) is 27.7 Å². The average molecular weight is 559 g/mol. The first-order valence-electron chi connectivity index (χ1n) is 8.79. The molecule has 0 saturated heterocycles. The Bertz CT molecular complexity index is 901. The number of allylic oxidation sites excluding steroid dienone is 2. The first kappa shape index (κ1) is 23.6. The number of furan rings is 1. The number of ether oxygens (including phenoxy) is 1. The molecule has 5 nitrogen and oxygen atoms in total. The van der Waals surface area contributed by atoms with Gasteiger partial charge in [0.1, 0.15) is 5.58 Å². The molecule has 1 N–H and O–H groups in total. The molecule has 0 amide bonds. The van der Waals surface area contributed by atoms with Crippen molar-refractivity contribution in [3.63, 3.8) is 0 Å². The SMILES string of the molecule is CC(C)C(=O)/C=C(\O)C(C)C.[Ir].[c-]1ccccc1Oc1nccc2occc12. The molecule has 2 heterocycles. The Kier molecular flexibility index (Phi) is 9.63. The molecule has 151 valence electrons. The van der Waals surface area contributed by atoms with Gasteiger partial charge in [-0.3, -0.25) is 4.79 Å². The maximum Gasteiger partial charge on any atom is 0.228 e. The molecule has 28 heavy (non-hydrogen) atoms. The fourth-order valence-corrected chi connectivity index (χ4v) is 1.97. The largest absolute Gasteiger partial charge is 0.512 e. The van der Waals surface area contributed by atoms with Crippen LogP contribution in [0.25, 0.3) is 11.0 Å². The standard InChI is InChI=1S/C13H8NO2.C9H16O2.Ir/c1-2-4-10(5-3-1)16-13-11-7-9-15-12(11)6-8-14-13;1-6(2)8(10)5-9(11)7(3)4;/h1-4,6-9H;5-7,10H,1-4H3;/q-1;;/b;8-5-;. The minimum Gasteiger partial charge on any atom is -0.512 e. The van der Waals surface area contributed by atoms with Crippen molar-refractivity contribution in [2.24, 2.45) is 11.8 Å². The summed E-state index contributed by atoms with van der Waals surface area (Å²) in [5.74, 6) is 1.34. The molecule has 6 heteroatoms. The summed E-state index contributed by atoms with van der Waals surface area (Å²) in [6, 6.07) is 14.0. The Morgan fingerprint density at radius 3 is 2.54 bits per heavy atom. The van der Waals surface area contributed by atoms with E-state index in [9.17, 15) is 9.90 Å². The minimum absolute atomic E-state index is 0. The number of nitrogens with zero attached hydrogens (tertiary/aromatic N) is 1. The molecular weight excluding hydrogens is 534 g/mol. The third kappa shape index (κ3) is 6.95. The molecular formula is C22H24IrNO4-. The summed E-state index contributed by atoms with van der Waals surface area (Å²) in [7, 11) is 0. The Morgan fingerprint density at radius 1 is 1.18 bits per heavy atom. The molecule has 0 aliphatic heterocycles. The molecule has 0 fully saturated rings. The van der Waals surface area contributed by atoms with Crippen LogP contribution in [0.2, 0.25) is 0 Å². The molecule has 0 aliphatic carbocycles. The molecule has 0 bridgehead atoms. The first-order chi connectivity index (χ1) is 12.9. The summed E-state index contributed by atoms with van der Waals surface area (Å²) < 4.78 is 10.9. The summed E-state index contributed by atoms with van der Waals surface area (Å²) >= 11 is 0. The summed E-state index contributed by atoms with van der Waals surface area (Å²) in [6.45, 7) is 7.32. The Morgan fingerprint density at radius 2 is 1.93 bits per heavy atom. The zero-order valence-corrected chi connectivity index (χ0v) is 18.7. The van der Waals surface area contributed by atoms with Crippen LogP contribution in [0, 0.1) is 17.9 Å². The van der Waals surface area contributed by atoms with Crippen LogP contribution >= 0.6 is 0 Å². The van der Waals surface area contributed by atoms with Gasteiger partial charge in [-0.2, -0.15) is 18.2 Å². The van der Waals surface area contributed by atoms with E-state index in [0.717, 1.165) is 11.0 Å². The van der Waals surface area contributed by atoms with E-state index in [0.29, 0.717) is 11.6 Å². The maximum atomic E-state index is 11.0. The quantitative estimate of drug-likeness (QED) is 0.246. The molecule has 0 spiro atoms. The Labute approximate surface area is 178 Å². The normalized spacial score (nSPS) is 11.0. The number of benzene rings is 1. The molecule has 0 saturated carbocycles. The molecule has 0 aliphatic rings. The second kappa shape index (κ2) is 11.4. The van der Waals surface area contributed by atoms with Crippen molar-refractivity contribution in [3.05, 3.63) is 66.8 Å². The van der Waals surface area contributed by atoms with Crippen LogP contribution in [0.1, 0.15) is 27.7 Å². The number of ketones is 1. The number of hydrogen-bond acceptors (Lipinski definition) is 5. The number of fused-ring (bicyclic) bond motifs is 1. The van der Waals surface area contributed by atoms with Crippen LogP contribution in [-0.2, 0) is 24.9 Å². The number of aromatic nitrogens is 1. The van der Waals surface area contributed by atoms with Gasteiger partial charge in [0.2, 0.25) is 5.88 Å². The van der Waals surface area contributed by atoms with E-state index in [-0.39, 0.29) is 43.5 Å². The van der Waals surface area contributed by atoms with Crippen molar-refractivity contribution < 1.29 is 39.2 Å². The van der Waals surface area contributed by atoms with Gasteiger partial charge in [0, 0.05) is 50.0 Å². The fourth-order valence-electron chi connectivity index (χ4n) is 1.97. The van der Waals surface area contributed by atoms with E-state index < -0.39 is 0 Å². The minimum atomic E-state index is -0.0316. The second-order valence-electron chi connectivity index (χ2n) is 6.56. The third-order valence-corrected chi connectivity index (χ3v) is 3.68. The van der Waals surface area contributed by atoms with E-state index in [1.807, 2.05) is 52.0 Å². The third-order valence-electron chi connectivity index (χ3n) is 3.68. The van der Waals surface area contributed by atoms with E-state index in [1.54, 1.807) is 24.6 Å². The van der Waals surface area contributed by atoms with Crippen LogP contribution in [0.4, 0.5) is 0 Å². The molecule has 0 unspecified atom stereocenters. The summed E-state index contributed by atoms with van der Waals surface area (Å²) in [5.41, 5.74) is 0.765. The van der Waals surface area contributed by atoms with Gasteiger partial charge in [0.15, 0.2) is 5.78 Å². The molecule has 3 rings (SSSR count). The van der Waals surface area contributed by atoms with E-state index in [2.05, 4.69) is 11.1 Å². The van der Waals surface area contributed by atoms with Crippen LogP contribution in [0.5, 0.6) is 11.6 Å². The molecule has 1 radical (unpaired) electrons. The van der Waals surface area contributed by atoms with Gasteiger partial charge in [0.05, 0.1) is 17.4 Å². The first-order valence-corrected chi connectivity index (χ1v) is 8.79.